The third kappa shape index (κ3) is 2.29. The highest BCUT2D eigenvalue weighted by Crippen LogP contribution is 2.45. The number of hydrogen-bond donors (Lipinski definition) is 0. The SMILES string of the molecule is CCC(C)CC1(C#N)CCCCC1C. The third-order valence-corrected chi connectivity index (χ3v) is 4.09. The van der Waals surface area contributed by atoms with Gasteiger partial charge in [0.2, 0.25) is 0 Å². The molecular formula is C13H23N. The molecule has 1 rings (SSSR count). The van der Waals surface area contributed by atoms with Gasteiger partial charge in [-0.2, -0.15) is 5.26 Å². The second-order valence-electron chi connectivity index (χ2n) is 5.13. The Morgan fingerprint density at radius 3 is 2.71 bits per heavy atom. The summed E-state index contributed by atoms with van der Waals surface area (Å²) in [5.74, 6) is 1.31. The molecule has 0 N–H and O–H groups in total. The molecule has 14 heavy (non-hydrogen) atoms. The van der Waals surface area contributed by atoms with Crippen molar-refractivity contribution >= 4 is 0 Å². The largest absolute Gasteiger partial charge is 0.198 e. The maximum atomic E-state index is 9.41. The van der Waals surface area contributed by atoms with E-state index in [0.717, 1.165) is 12.8 Å². The van der Waals surface area contributed by atoms with E-state index in [1.807, 2.05) is 0 Å². The second kappa shape index (κ2) is 4.82. The van der Waals surface area contributed by atoms with Crippen LogP contribution in [0.3, 0.4) is 0 Å². The van der Waals surface area contributed by atoms with E-state index < -0.39 is 0 Å². The average Bonchev–Trinajstić information content (AvgIpc) is 2.21. The Balaban J connectivity index is 2.69. The van der Waals surface area contributed by atoms with E-state index in [-0.39, 0.29) is 5.41 Å². The highest BCUT2D eigenvalue weighted by atomic mass is 14.4. The molecule has 1 nitrogen and oxygen atoms in total. The Morgan fingerprint density at radius 2 is 2.21 bits per heavy atom. The van der Waals surface area contributed by atoms with E-state index in [1.165, 1.54) is 25.7 Å². The first-order chi connectivity index (χ1) is 6.64. The summed E-state index contributed by atoms with van der Waals surface area (Å²) in [5, 5.41) is 9.41. The molecule has 1 fully saturated rings. The highest BCUT2D eigenvalue weighted by molar-refractivity contribution is 5.04. The summed E-state index contributed by atoms with van der Waals surface area (Å²) in [5.41, 5.74) is 0.00762. The van der Waals surface area contributed by atoms with Crippen LogP contribution >= 0.6 is 0 Å². The number of rotatable bonds is 3. The zero-order valence-corrected chi connectivity index (χ0v) is 9.84. The van der Waals surface area contributed by atoms with Gasteiger partial charge in [-0.25, -0.2) is 0 Å². The topological polar surface area (TPSA) is 23.8 Å². The molecule has 0 heterocycles. The first-order valence-electron chi connectivity index (χ1n) is 6.06. The van der Waals surface area contributed by atoms with E-state index in [0.29, 0.717) is 11.8 Å². The van der Waals surface area contributed by atoms with E-state index >= 15 is 0 Å². The van der Waals surface area contributed by atoms with E-state index in [2.05, 4.69) is 26.8 Å². The molecule has 0 aromatic heterocycles. The summed E-state index contributed by atoms with van der Waals surface area (Å²) >= 11 is 0. The Labute approximate surface area is 88.5 Å². The molecule has 3 unspecified atom stereocenters. The van der Waals surface area contributed by atoms with Crippen molar-refractivity contribution in [2.24, 2.45) is 17.3 Å². The maximum absolute atomic E-state index is 9.41. The molecule has 0 spiro atoms. The monoisotopic (exact) mass is 193 g/mol. The van der Waals surface area contributed by atoms with Gasteiger partial charge in [0.15, 0.2) is 0 Å². The first-order valence-corrected chi connectivity index (χ1v) is 6.06. The summed E-state index contributed by atoms with van der Waals surface area (Å²) in [6, 6.07) is 2.63. The molecule has 0 amide bonds. The van der Waals surface area contributed by atoms with Crippen LogP contribution in [-0.2, 0) is 0 Å². The van der Waals surface area contributed by atoms with E-state index in [1.54, 1.807) is 0 Å². The van der Waals surface area contributed by atoms with Crippen LogP contribution in [0.25, 0.3) is 0 Å². The lowest BCUT2D eigenvalue weighted by Gasteiger charge is -2.38. The minimum Gasteiger partial charge on any atom is -0.198 e. The Hall–Kier alpha value is -0.510. The summed E-state index contributed by atoms with van der Waals surface area (Å²) in [4.78, 5) is 0. The normalized spacial score (nSPS) is 34.9. The number of hydrogen-bond acceptors (Lipinski definition) is 1. The standard InChI is InChI=1S/C13H23N/c1-4-11(2)9-13(10-14)8-6-5-7-12(13)3/h11-12H,4-9H2,1-3H3. The van der Waals surface area contributed by atoms with Crippen LogP contribution in [-0.4, -0.2) is 0 Å². The minimum absolute atomic E-state index is 0.00762. The number of nitrogens with zero attached hydrogens (tertiary/aromatic N) is 1. The lowest BCUT2D eigenvalue weighted by Crippen LogP contribution is -2.32. The molecule has 80 valence electrons. The number of nitriles is 1. The summed E-state index contributed by atoms with van der Waals surface area (Å²) in [6.07, 6.45) is 7.29. The molecule has 1 aliphatic rings. The van der Waals surface area contributed by atoms with Crippen molar-refractivity contribution in [1.82, 2.24) is 0 Å². The van der Waals surface area contributed by atoms with Crippen LogP contribution in [0.2, 0.25) is 0 Å². The zero-order chi connectivity index (χ0) is 10.6. The summed E-state index contributed by atoms with van der Waals surface area (Å²) < 4.78 is 0. The molecule has 0 aromatic rings. The van der Waals surface area contributed by atoms with Crippen molar-refractivity contribution in [2.75, 3.05) is 0 Å². The predicted molar refractivity (Wildman–Crippen MR) is 59.8 cm³/mol. The van der Waals surface area contributed by atoms with Crippen molar-refractivity contribution in [3.8, 4) is 6.07 Å². The fraction of sp³-hybridized carbons (Fsp3) is 0.923. The van der Waals surface area contributed by atoms with Gasteiger partial charge >= 0.3 is 0 Å². The van der Waals surface area contributed by atoms with Crippen molar-refractivity contribution < 1.29 is 0 Å². The maximum Gasteiger partial charge on any atom is 0.0692 e. The molecule has 1 heteroatoms. The molecular weight excluding hydrogens is 170 g/mol. The van der Waals surface area contributed by atoms with Gasteiger partial charge in [0.1, 0.15) is 0 Å². The van der Waals surface area contributed by atoms with Crippen LogP contribution in [0.5, 0.6) is 0 Å². The summed E-state index contributed by atoms with van der Waals surface area (Å²) in [7, 11) is 0. The zero-order valence-electron chi connectivity index (χ0n) is 9.84. The van der Waals surface area contributed by atoms with Gasteiger partial charge in [-0.15, -0.1) is 0 Å². The van der Waals surface area contributed by atoms with Crippen molar-refractivity contribution in [3.63, 3.8) is 0 Å². The van der Waals surface area contributed by atoms with Crippen molar-refractivity contribution in [2.45, 2.75) is 59.3 Å². The summed E-state index contributed by atoms with van der Waals surface area (Å²) in [6.45, 7) is 6.77. The van der Waals surface area contributed by atoms with Crippen LogP contribution in [0.1, 0.15) is 59.3 Å². The van der Waals surface area contributed by atoms with Crippen LogP contribution in [0.15, 0.2) is 0 Å². The highest BCUT2D eigenvalue weighted by Gasteiger charge is 2.38. The lowest BCUT2D eigenvalue weighted by molar-refractivity contribution is 0.138. The molecule has 0 bridgehead atoms. The molecule has 3 atom stereocenters. The van der Waals surface area contributed by atoms with Crippen molar-refractivity contribution in [3.05, 3.63) is 0 Å². The molecule has 0 radical (unpaired) electrons. The van der Waals surface area contributed by atoms with Gasteiger partial charge in [0, 0.05) is 0 Å². The fourth-order valence-electron chi connectivity index (χ4n) is 2.69. The van der Waals surface area contributed by atoms with Gasteiger partial charge in [0.05, 0.1) is 11.5 Å². The molecule has 1 saturated carbocycles. The smallest absolute Gasteiger partial charge is 0.0692 e. The molecule has 0 aliphatic heterocycles. The lowest BCUT2D eigenvalue weighted by atomic mass is 9.64. The van der Waals surface area contributed by atoms with Gasteiger partial charge in [-0.05, 0) is 31.1 Å². The Kier molecular flexibility index (Phi) is 3.98. The molecule has 0 aromatic carbocycles. The molecule has 0 saturated heterocycles. The van der Waals surface area contributed by atoms with Crippen LogP contribution < -0.4 is 0 Å². The quantitative estimate of drug-likeness (QED) is 0.660. The second-order valence-corrected chi connectivity index (χ2v) is 5.13. The fourth-order valence-corrected chi connectivity index (χ4v) is 2.69. The predicted octanol–water partition coefficient (Wildman–Crippen LogP) is 4.14. The van der Waals surface area contributed by atoms with Gasteiger partial charge < -0.3 is 0 Å². The van der Waals surface area contributed by atoms with Gasteiger partial charge in [-0.3, -0.25) is 0 Å². The average molecular weight is 193 g/mol. The van der Waals surface area contributed by atoms with Crippen LogP contribution in [0, 0.1) is 28.6 Å². The third-order valence-electron chi connectivity index (χ3n) is 4.09. The van der Waals surface area contributed by atoms with Crippen LogP contribution in [0.4, 0.5) is 0 Å². The Bertz CT molecular complexity index is 216. The van der Waals surface area contributed by atoms with Gasteiger partial charge in [-0.1, -0.05) is 40.0 Å². The molecule has 1 aliphatic carbocycles. The van der Waals surface area contributed by atoms with Gasteiger partial charge in [0.25, 0.3) is 0 Å². The Morgan fingerprint density at radius 1 is 1.50 bits per heavy atom. The van der Waals surface area contributed by atoms with E-state index in [4.69, 9.17) is 0 Å². The van der Waals surface area contributed by atoms with Crippen molar-refractivity contribution in [1.29, 1.82) is 5.26 Å². The first kappa shape index (κ1) is 11.6. The minimum atomic E-state index is 0.00762. The van der Waals surface area contributed by atoms with E-state index in [9.17, 15) is 5.26 Å².